The van der Waals surface area contributed by atoms with E-state index in [1.807, 2.05) is 25.1 Å². The first kappa shape index (κ1) is 14.3. The van der Waals surface area contributed by atoms with Crippen LogP contribution in [0.25, 0.3) is 5.65 Å². The maximum atomic E-state index is 12.3. The molecular formula is C17H23N3O. The van der Waals surface area contributed by atoms with Crippen LogP contribution in [-0.4, -0.2) is 27.4 Å². The molecule has 2 aromatic heterocycles. The summed E-state index contributed by atoms with van der Waals surface area (Å²) in [6.07, 6.45) is 6.52. The molecule has 1 fully saturated rings. The molecule has 21 heavy (non-hydrogen) atoms. The first-order chi connectivity index (χ1) is 10.2. The van der Waals surface area contributed by atoms with Crippen LogP contribution >= 0.6 is 0 Å². The van der Waals surface area contributed by atoms with Crippen LogP contribution in [0.1, 0.15) is 43.5 Å². The molecule has 0 bridgehead atoms. The Bertz CT molecular complexity index is 669. The highest BCUT2D eigenvalue weighted by molar-refractivity contribution is 5.40. The highest BCUT2D eigenvalue weighted by Gasteiger charge is 2.11. The standard InChI is InChI=1S/C17H23N3O/c1-14-8-7-9-16-18-15(12-17(21)20(14)16)13-19-10-5-3-2-4-6-11-19/h7-9,12H,2-6,10-11,13H2,1H3. The molecule has 2 aromatic rings. The fraction of sp³-hybridized carbons (Fsp3) is 0.529. The van der Waals surface area contributed by atoms with Gasteiger partial charge in [0.05, 0.1) is 5.69 Å². The minimum Gasteiger partial charge on any atom is -0.298 e. The van der Waals surface area contributed by atoms with Crippen LogP contribution in [-0.2, 0) is 6.54 Å². The van der Waals surface area contributed by atoms with E-state index in [9.17, 15) is 4.79 Å². The lowest BCUT2D eigenvalue weighted by Crippen LogP contribution is -2.28. The smallest absolute Gasteiger partial charge is 0.258 e. The van der Waals surface area contributed by atoms with Gasteiger partial charge in [0.1, 0.15) is 5.65 Å². The molecule has 0 aromatic carbocycles. The SMILES string of the molecule is Cc1cccc2nc(CN3CCCCCCC3)cc(=O)n12. The van der Waals surface area contributed by atoms with E-state index in [1.54, 1.807) is 10.5 Å². The van der Waals surface area contributed by atoms with E-state index in [0.29, 0.717) is 0 Å². The Hall–Kier alpha value is -1.68. The lowest BCUT2D eigenvalue weighted by Gasteiger charge is -2.24. The summed E-state index contributed by atoms with van der Waals surface area (Å²) in [6.45, 7) is 4.97. The van der Waals surface area contributed by atoms with Gasteiger partial charge in [0.15, 0.2) is 0 Å². The zero-order valence-electron chi connectivity index (χ0n) is 12.7. The molecule has 1 aliphatic heterocycles. The van der Waals surface area contributed by atoms with Crippen molar-refractivity contribution in [1.29, 1.82) is 0 Å². The first-order valence-corrected chi connectivity index (χ1v) is 7.95. The Kier molecular flexibility index (Phi) is 4.34. The summed E-state index contributed by atoms with van der Waals surface area (Å²) in [6, 6.07) is 7.50. The largest absolute Gasteiger partial charge is 0.298 e. The molecule has 0 saturated carbocycles. The van der Waals surface area contributed by atoms with E-state index in [4.69, 9.17) is 0 Å². The number of hydrogen-bond donors (Lipinski definition) is 0. The van der Waals surface area contributed by atoms with Crippen molar-refractivity contribution in [3.05, 3.63) is 46.0 Å². The van der Waals surface area contributed by atoms with Crippen molar-refractivity contribution >= 4 is 5.65 Å². The minimum atomic E-state index is 0.0279. The quantitative estimate of drug-likeness (QED) is 0.851. The number of fused-ring (bicyclic) bond motifs is 1. The summed E-state index contributed by atoms with van der Waals surface area (Å²) in [5.41, 5.74) is 2.61. The van der Waals surface area contributed by atoms with E-state index in [2.05, 4.69) is 9.88 Å². The van der Waals surface area contributed by atoms with Crippen LogP contribution in [0.5, 0.6) is 0 Å². The van der Waals surface area contributed by atoms with Crippen LogP contribution in [0.3, 0.4) is 0 Å². The third kappa shape index (κ3) is 3.32. The number of aryl methyl sites for hydroxylation is 1. The Labute approximate surface area is 125 Å². The molecule has 4 heteroatoms. The van der Waals surface area contributed by atoms with E-state index >= 15 is 0 Å². The third-order valence-corrected chi connectivity index (χ3v) is 4.27. The number of likely N-dealkylation sites (tertiary alicyclic amines) is 1. The highest BCUT2D eigenvalue weighted by Crippen LogP contribution is 2.12. The Morgan fingerprint density at radius 2 is 1.81 bits per heavy atom. The summed E-state index contributed by atoms with van der Waals surface area (Å²) in [4.78, 5) is 19.4. The second-order valence-corrected chi connectivity index (χ2v) is 5.99. The van der Waals surface area contributed by atoms with Gasteiger partial charge in [0, 0.05) is 18.3 Å². The number of rotatable bonds is 2. The second-order valence-electron chi connectivity index (χ2n) is 5.99. The summed E-state index contributed by atoms with van der Waals surface area (Å²) >= 11 is 0. The molecule has 0 atom stereocenters. The average molecular weight is 285 g/mol. The number of pyridine rings is 1. The van der Waals surface area contributed by atoms with Crippen molar-refractivity contribution in [2.24, 2.45) is 0 Å². The summed E-state index contributed by atoms with van der Waals surface area (Å²) < 4.78 is 1.68. The molecule has 1 saturated heterocycles. The molecule has 1 aliphatic rings. The third-order valence-electron chi connectivity index (χ3n) is 4.27. The number of nitrogens with zero attached hydrogens (tertiary/aromatic N) is 3. The monoisotopic (exact) mass is 285 g/mol. The van der Waals surface area contributed by atoms with Crippen LogP contribution in [0.4, 0.5) is 0 Å². The molecule has 4 nitrogen and oxygen atoms in total. The first-order valence-electron chi connectivity index (χ1n) is 7.95. The fourth-order valence-corrected chi connectivity index (χ4v) is 3.14. The maximum Gasteiger partial charge on any atom is 0.258 e. The predicted octanol–water partition coefficient (Wildman–Crippen LogP) is 2.77. The second kappa shape index (κ2) is 6.39. The molecule has 3 heterocycles. The van der Waals surface area contributed by atoms with Crippen molar-refractivity contribution in [3.8, 4) is 0 Å². The van der Waals surface area contributed by atoms with Gasteiger partial charge in [-0.05, 0) is 45.0 Å². The number of hydrogen-bond acceptors (Lipinski definition) is 3. The molecule has 0 unspecified atom stereocenters. The van der Waals surface area contributed by atoms with Gasteiger partial charge in [-0.1, -0.05) is 25.3 Å². The fourth-order valence-electron chi connectivity index (χ4n) is 3.14. The van der Waals surface area contributed by atoms with Gasteiger partial charge < -0.3 is 0 Å². The van der Waals surface area contributed by atoms with E-state index in [-0.39, 0.29) is 5.56 Å². The van der Waals surface area contributed by atoms with Crippen molar-refractivity contribution in [3.63, 3.8) is 0 Å². The maximum absolute atomic E-state index is 12.3. The molecule has 112 valence electrons. The summed E-state index contributed by atoms with van der Waals surface area (Å²) in [5, 5.41) is 0. The van der Waals surface area contributed by atoms with Gasteiger partial charge in [0.2, 0.25) is 0 Å². The number of aromatic nitrogens is 2. The van der Waals surface area contributed by atoms with Crippen molar-refractivity contribution in [2.75, 3.05) is 13.1 Å². The lowest BCUT2D eigenvalue weighted by atomic mass is 10.1. The molecule has 0 aliphatic carbocycles. The summed E-state index contributed by atoms with van der Waals surface area (Å²) in [7, 11) is 0. The van der Waals surface area contributed by atoms with Gasteiger partial charge in [0.25, 0.3) is 5.56 Å². The van der Waals surface area contributed by atoms with Gasteiger partial charge in [-0.2, -0.15) is 0 Å². The Morgan fingerprint density at radius 1 is 1.10 bits per heavy atom. The normalized spacial score (nSPS) is 17.6. The Balaban J connectivity index is 1.85. The van der Waals surface area contributed by atoms with Gasteiger partial charge >= 0.3 is 0 Å². The average Bonchev–Trinajstić information content (AvgIpc) is 2.41. The topological polar surface area (TPSA) is 37.6 Å². The predicted molar refractivity (Wildman–Crippen MR) is 84.6 cm³/mol. The van der Waals surface area contributed by atoms with E-state index < -0.39 is 0 Å². The lowest BCUT2D eigenvalue weighted by molar-refractivity contribution is 0.237. The van der Waals surface area contributed by atoms with Crippen molar-refractivity contribution < 1.29 is 0 Å². The van der Waals surface area contributed by atoms with Gasteiger partial charge in [-0.25, -0.2) is 4.98 Å². The zero-order valence-corrected chi connectivity index (χ0v) is 12.7. The van der Waals surface area contributed by atoms with Crippen molar-refractivity contribution in [2.45, 2.75) is 45.6 Å². The Morgan fingerprint density at radius 3 is 2.57 bits per heavy atom. The highest BCUT2D eigenvalue weighted by atomic mass is 16.1. The molecule has 0 N–H and O–H groups in total. The van der Waals surface area contributed by atoms with Crippen molar-refractivity contribution in [1.82, 2.24) is 14.3 Å². The summed E-state index contributed by atoms with van der Waals surface area (Å²) in [5.74, 6) is 0. The van der Waals surface area contributed by atoms with Gasteiger partial charge in [-0.15, -0.1) is 0 Å². The molecule has 0 radical (unpaired) electrons. The van der Waals surface area contributed by atoms with Crippen LogP contribution < -0.4 is 5.56 Å². The molecule has 0 amide bonds. The molecule has 0 spiro atoms. The van der Waals surface area contributed by atoms with E-state index in [1.165, 1.54) is 32.1 Å². The van der Waals surface area contributed by atoms with Crippen LogP contribution in [0, 0.1) is 6.92 Å². The van der Waals surface area contributed by atoms with Crippen LogP contribution in [0.15, 0.2) is 29.1 Å². The van der Waals surface area contributed by atoms with Crippen LogP contribution in [0.2, 0.25) is 0 Å². The molecule has 3 rings (SSSR count). The van der Waals surface area contributed by atoms with Gasteiger partial charge in [-0.3, -0.25) is 14.1 Å². The molecular weight excluding hydrogens is 262 g/mol. The van der Waals surface area contributed by atoms with E-state index in [0.717, 1.165) is 36.7 Å². The minimum absolute atomic E-state index is 0.0279. The zero-order chi connectivity index (χ0) is 14.7.